The summed E-state index contributed by atoms with van der Waals surface area (Å²) in [4.78, 5) is 13.6. The van der Waals surface area contributed by atoms with Crippen molar-refractivity contribution in [2.45, 2.75) is 51.5 Å². The smallest absolute Gasteiger partial charge is 0.254 e. The molecule has 2 unspecified atom stereocenters. The largest absolute Gasteiger partial charge is 0.390 e. The van der Waals surface area contributed by atoms with Crippen LogP contribution < -0.4 is 11.1 Å². The molecular formula is C14H20N2OS. The van der Waals surface area contributed by atoms with E-state index in [1.165, 1.54) is 10.4 Å². The first-order valence-electron chi connectivity index (χ1n) is 6.78. The molecule has 1 amide bonds. The molecule has 4 heteroatoms. The molecule has 1 heterocycles. The Morgan fingerprint density at radius 1 is 1.39 bits per heavy atom. The van der Waals surface area contributed by atoms with Gasteiger partial charge in [0.05, 0.1) is 10.6 Å². The molecule has 2 atom stereocenters. The Kier molecular flexibility index (Phi) is 2.85. The summed E-state index contributed by atoms with van der Waals surface area (Å²) >= 11 is 1.62. The molecule has 1 aromatic heterocycles. The van der Waals surface area contributed by atoms with Crippen LogP contribution in [0.25, 0.3) is 0 Å². The predicted molar refractivity (Wildman–Crippen MR) is 75.1 cm³/mol. The topological polar surface area (TPSA) is 55.1 Å². The van der Waals surface area contributed by atoms with Crippen LogP contribution in [0.5, 0.6) is 0 Å². The van der Waals surface area contributed by atoms with Crippen LogP contribution in [0.15, 0.2) is 0 Å². The highest BCUT2D eigenvalue weighted by molar-refractivity contribution is 7.16. The van der Waals surface area contributed by atoms with E-state index in [9.17, 15) is 4.79 Å². The van der Waals surface area contributed by atoms with E-state index in [1.807, 2.05) is 0 Å². The lowest BCUT2D eigenvalue weighted by Crippen LogP contribution is -2.27. The molecule has 3 nitrogen and oxygen atoms in total. The van der Waals surface area contributed by atoms with Crippen molar-refractivity contribution in [1.82, 2.24) is 5.32 Å². The number of rotatable bonds is 2. The molecule has 0 aliphatic heterocycles. The Balaban J connectivity index is 1.96. The predicted octanol–water partition coefficient (Wildman–Crippen LogP) is 2.91. The monoisotopic (exact) mass is 264 g/mol. The van der Waals surface area contributed by atoms with Crippen LogP contribution in [0.1, 0.15) is 59.8 Å². The third kappa shape index (κ3) is 2.03. The first-order chi connectivity index (χ1) is 8.56. The fraction of sp³-hybridized carbons (Fsp3) is 0.643. The lowest BCUT2D eigenvalue weighted by Gasteiger charge is -2.25. The molecule has 3 rings (SSSR count). The van der Waals surface area contributed by atoms with E-state index in [4.69, 9.17) is 5.73 Å². The average Bonchev–Trinajstić information content (AvgIpc) is 3.00. The van der Waals surface area contributed by atoms with Crippen molar-refractivity contribution in [3.05, 3.63) is 16.0 Å². The normalized spacial score (nSPS) is 26.8. The van der Waals surface area contributed by atoms with Crippen LogP contribution >= 0.6 is 11.3 Å². The second-order valence-electron chi connectivity index (χ2n) is 5.87. The highest BCUT2D eigenvalue weighted by atomic mass is 32.1. The molecule has 0 aromatic carbocycles. The van der Waals surface area contributed by atoms with Crippen molar-refractivity contribution in [3.63, 3.8) is 0 Å². The Morgan fingerprint density at radius 3 is 2.78 bits per heavy atom. The first-order valence-corrected chi connectivity index (χ1v) is 7.59. The van der Waals surface area contributed by atoms with Gasteiger partial charge < -0.3 is 11.1 Å². The number of nitrogens with two attached hydrogens (primary N) is 1. The molecule has 98 valence electrons. The average molecular weight is 264 g/mol. The molecule has 3 N–H and O–H groups in total. The highest BCUT2D eigenvalue weighted by Crippen LogP contribution is 2.44. The number of carbonyl (C=O) groups is 1. The molecule has 0 bridgehead atoms. The summed E-state index contributed by atoms with van der Waals surface area (Å²) < 4.78 is 0. The van der Waals surface area contributed by atoms with Crippen molar-refractivity contribution in [1.29, 1.82) is 0 Å². The number of carbonyl (C=O) groups excluding carboxylic acids is 1. The fourth-order valence-electron chi connectivity index (χ4n) is 3.02. The van der Waals surface area contributed by atoms with Crippen molar-refractivity contribution >= 4 is 22.2 Å². The molecule has 1 saturated carbocycles. The summed E-state index contributed by atoms with van der Waals surface area (Å²) in [6.45, 7) is 4.49. The zero-order valence-electron chi connectivity index (χ0n) is 11.0. The Bertz CT molecular complexity index is 490. The summed E-state index contributed by atoms with van der Waals surface area (Å²) in [7, 11) is 0. The number of nitrogen functional groups attached to an aromatic ring is 1. The SMILES string of the molecule is CC1Cc2sc(N)c(C(=O)NC3CC3)c2C(C)C1. The van der Waals surface area contributed by atoms with Gasteiger partial charge in [0.15, 0.2) is 0 Å². The van der Waals surface area contributed by atoms with Gasteiger partial charge in [-0.05, 0) is 43.1 Å². The number of amides is 1. The zero-order valence-corrected chi connectivity index (χ0v) is 11.8. The van der Waals surface area contributed by atoms with Crippen LogP contribution in [-0.2, 0) is 6.42 Å². The van der Waals surface area contributed by atoms with E-state index in [0.717, 1.165) is 31.2 Å². The molecule has 2 aliphatic carbocycles. The Hall–Kier alpha value is -1.03. The van der Waals surface area contributed by atoms with Crippen LogP contribution in [0.2, 0.25) is 0 Å². The van der Waals surface area contributed by atoms with Gasteiger partial charge in [0.1, 0.15) is 0 Å². The van der Waals surface area contributed by atoms with E-state index in [-0.39, 0.29) is 5.91 Å². The fourth-order valence-corrected chi connectivity index (χ4v) is 4.38. The lowest BCUT2D eigenvalue weighted by molar-refractivity contribution is 0.0950. The zero-order chi connectivity index (χ0) is 12.9. The highest BCUT2D eigenvalue weighted by Gasteiger charge is 2.32. The standard InChI is InChI=1S/C14H20N2OS/c1-7-5-8(2)11-10(6-7)18-13(15)12(11)14(17)16-9-3-4-9/h7-9H,3-6,15H2,1-2H3,(H,16,17). The molecule has 2 aliphatic rings. The van der Waals surface area contributed by atoms with E-state index in [2.05, 4.69) is 19.2 Å². The summed E-state index contributed by atoms with van der Waals surface area (Å²) in [5.41, 5.74) is 8.09. The van der Waals surface area contributed by atoms with Gasteiger partial charge in [-0.15, -0.1) is 11.3 Å². The molecule has 1 fully saturated rings. The second-order valence-corrected chi connectivity index (χ2v) is 7.01. The number of thiophene rings is 1. The molecule has 0 spiro atoms. The van der Waals surface area contributed by atoms with Crippen LogP contribution in [0.4, 0.5) is 5.00 Å². The number of nitrogens with one attached hydrogen (secondary N) is 1. The number of fused-ring (bicyclic) bond motifs is 1. The van der Waals surface area contributed by atoms with Crippen LogP contribution in [0, 0.1) is 5.92 Å². The van der Waals surface area contributed by atoms with Crippen molar-refractivity contribution in [3.8, 4) is 0 Å². The maximum Gasteiger partial charge on any atom is 0.254 e. The number of hydrogen-bond acceptors (Lipinski definition) is 3. The minimum atomic E-state index is 0.0499. The van der Waals surface area contributed by atoms with Gasteiger partial charge in [-0.3, -0.25) is 4.79 Å². The van der Waals surface area contributed by atoms with E-state index in [0.29, 0.717) is 22.9 Å². The van der Waals surface area contributed by atoms with Gasteiger partial charge in [0.2, 0.25) is 0 Å². The number of hydrogen-bond donors (Lipinski definition) is 2. The molecule has 18 heavy (non-hydrogen) atoms. The van der Waals surface area contributed by atoms with E-state index in [1.54, 1.807) is 11.3 Å². The first kappa shape index (κ1) is 12.0. The van der Waals surface area contributed by atoms with Crippen molar-refractivity contribution < 1.29 is 4.79 Å². The van der Waals surface area contributed by atoms with Gasteiger partial charge in [0, 0.05) is 10.9 Å². The van der Waals surface area contributed by atoms with Gasteiger partial charge in [-0.2, -0.15) is 0 Å². The van der Waals surface area contributed by atoms with Gasteiger partial charge in [-0.1, -0.05) is 13.8 Å². The second kappa shape index (κ2) is 4.26. The molecule has 0 saturated heterocycles. The maximum atomic E-state index is 12.3. The molecular weight excluding hydrogens is 244 g/mol. The lowest BCUT2D eigenvalue weighted by atomic mass is 9.81. The van der Waals surface area contributed by atoms with E-state index < -0.39 is 0 Å². The number of anilines is 1. The quantitative estimate of drug-likeness (QED) is 0.863. The summed E-state index contributed by atoms with van der Waals surface area (Å²) in [5, 5.41) is 3.77. The Labute approximate surface area is 112 Å². The molecule has 1 aromatic rings. The van der Waals surface area contributed by atoms with Crippen LogP contribution in [-0.4, -0.2) is 11.9 Å². The summed E-state index contributed by atoms with van der Waals surface area (Å²) in [6, 6.07) is 0.394. The molecule has 0 radical (unpaired) electrons. The van der Waals surface area contributed by atoms with Crippen LogP contribution in [0.3, 0.4) is 0 Å². The third-order valence-electron chi connectivity index (χ3n) is 3.97. The third-order valence-corrected chi connectivity index (χ3v) is 5.03. The van der Waals surface area contributed by atoms with Gasteiger partial charge in [-0.25, -0.2) is 0 Å². The van der Waals surface area contributed by atoms with Crippen molar-refractivity contribution in [2.24, 2.45) is 5.92 Å². The summed E-state index contributed by atoms with van der Waals surface area (Å²) in [6.07, 6.45) is 4.47. The van der Waals surface area contributed by atoms with E-state index >= 15 is 0 Å². The van der Waals surface area contributed by atoms with Gasteiger partial charge >= 0.3 is 0 Å². The van der Waals surface area contributed by atoms with Gasteiger partial charge in [0.25, 0.3) is 5.91 Å². The minimum absolute atomic E-state index is 0.0499. The van der Waals surface area contributed by atoms with Crippen molar-refractivity contribution in [2.75, 3.05) is 5.73 Å². The summed E-state index contributed by atoms with van der Waals surface area (Å²) in [5.74, 6) is 1.20. The minimum Gasteiger partial charge on any atom is -0.390 e. The maximum absolute atomic E-state index is 12.3. The Morgan fingerprint density at radius 2 is 2.11 bits per heavy atom.